The van der Waals surface area contributed by atoms with Crippen molar-refractivity contribution in [2.75, 3.05) is 5.73 Å². The summed E-state index contributed by atoms with van der Waals surface area (Å²) in [5.74, 6) is -0.817. The van der Waals surface area contributed by atoms with E-state index in [9.17, 15) is 22.4 Å². The van der Waals surface area contributed by atoms with Crippen molar-refractivity contribution in [3.63, 3.8) is 0 Å². The highest BCUT2D eigenvalue weighted by molar-refractivity contribution is 6.26. The molecule has 3 aromatic carbocycles. The summed E-state index contributed by atoms with van der Waals surface area (Å²) in [6.07, 6.45) is -4.63. The van der Waals surface area contributed by atoms with Crippen LogP contribution in [0.4, 0.5) is 23.4 Å². The maximum absolute atomic E-state index is 14.7. The van der Waals surface area contributed by atoms with Gasteiger partial charge in [0.15, 0.2) is 0 Å². The summed E-state index contributed by atoms with van der Waals surface area (Å²) in [6.45, 7) is 4.03. The number of nitrogens with two attached hydrogens (primary N) is 1. The Kier molecular flexibility index (Phi) is 5.50. The number of nitrogens with zero attached hydrogens (tertiary/aromatic N) is 1. The second kappa shape index (κ2) is 8.69. The monoisotopic (exact) mass is 531 g/mol. The lowest BCUT2D eigenvalue weighted by Crippen LogP contribution is -2.24. The fraction of sp³-hybridized carbons (Fsp3) is 0.133. The first-order valence-corrected chi connectivity index (χ1v) is 12.1. The number of alkyl halides is 3. The van der Waals surface area contributed by atoms with E-state index in [1.165, 1.54) is 0 Å². The molecule has 0 aliphatic carbocycles. The number of benzene rings is 4. The van der Waals surface area contributed by atoms with Crippen LogP contribution in [0.1, 0.15) is 32.7 Å². The van der Waals surface area contributed by atoms with Crippen molar-refractivity contribution in [1.29, 1.82) is 0 Å². The number of fused-ring (bicyclic) bond motifs is 8. The van der Waals surface area contributed by atoms with Gasteiger partial charge in [-0.05, 0) is 79.1 Å². The predicted octanol–water partition coefficient (Wildman–Crippen LogP) is 7.53. The highest BCUT2D eigenvalue weighted by Gasteiger charge is 2.31. The fourth-order valence-electron chi connectivity index (χ4n) is 5.13. The van der Waals surface area contributed by atoms with Crippen molar-refractivity contribution < 1.29 is 26.8 Å². The first-order valence-electron chi connectivity index (χ1n) is 12.1. The Bertz CT molecular complexity index is 1900. The number of rotatable bonds is 4. The topological polar surface area (TPSA) is 81.1 Å². The largest absolute Gasteiger partial charge is 0.455 e. The van der Waals surface area contributed by atoms with Crippen molar-refractivity contribution >= 4 is 44.4 Å². The van der Waals surface area contributed by atoms with E-state index in [4.69, 9.17) is 10.2 Å². The fourth-order valence-corrected chi connectivity index (χ4v) is 5.13. The van der Waals surface area contributed by atoms with Gasteiger partial charge in [-0.25, -0.2) is 9.37 Å². The minimum atomic E-state index is -4.63. The maximum atomic E-state index is 14.7. The molecule has 0 saturated carbocycles. The van der Waals surface area contributed by atoms with Crippen LogP contribution < -0.4 is 11.1 Å². The molecular weight excluding hydrogens is 510 g/mol. The van der Waals surface area contributed by atoms with E-state index in [0.29, 0.717) is 39.6 Å². The van der Waals surface area contributed by atoms with Crippen LogP contribution in [0.2, 0.25) is 0 Å². The van der Waals surface area contributed by atoms with E-state index in [0.717, 1.165) is 45.1 Å². The highest BCUT2D eigenvalue weighted by Crippen LogP contribution is 2.43. The van der Waals surface area contributed by atoms with Gasteiger partial charge in [0.1, 0.15) is 22.8 Å². The minimum Gasteiger partial charge on any atom is -0.455 e. The van der Waals surface area contributed by atoms with E-state index in [-0.39, 0.29) is 18.0 Å². The third kappa shape index (κ3) is 4.10. The summed E-state index contributed by atoms with van der Waals surface area (Å²) in [5, 5.41) is 5.96. The van der Waals surface area contributed by atoms with Crippen molar-refractivity contribution in [2.24, 2.45) is 0 Å². The van der Waals surface area contributed by atoms with Crippen LogP contribution in [0, 0.1) is 19.7 Å². The standard InChI is InChI=1S/C30H21F4N3O2/c1-14-9-26(35)37-15(2)24(14)13-36-29(38)17-4-7-21-23(11-17)28-22-10-16(3-6-20(22)27(21)39-28)19-8-5-18(12-25(19)31)30(32,33)34/h3-12H,13H2,1-2H3,(H2,35,37)(H,36,38). The molecule has 0 unspecified atom stereocenters. The average Bonchev–Trinajstić information content (AvgIpc) is 3.44. The number of carbonyl (C=O) groups excluding carboxylic acids is 1. The van der Waals surface area contributed by atoms with Gasteiger partial charge < -0.3 is 15.5 Å². The van der Waals surface area contributed by atoms with Crippen LogP contribution in [0.3, 0.4) is 0 Å². The van der Waals surface area contributed by atoms with Gasteiger partial charge in [0, 0.05) is 44.9 Å². The van der Waals surface area contributed by atoms with Gasteiger partial charge in [0.2, 0.25) is 0 Å². The molecule has 3 aromatic heterocycles. The second-order valence-electron chi connectivity index (χ2n) is 9.58. The number of nitrogens with one attached hydrogen (secondary N) is 1. The zero-order chi connectivity index (χ0) is 27.6. The Morgan fingerprint density at radius 2 is 1.62 bits per heavy atom. The molecule has 0 saturated heterocycles. The number of hydrogen-bond acceptors (Lipinski definition) is 4. The van der Waals surface area contributed by atoms with Crippen molar-refractivity contribution in [1.82, 2.24) is 10.3 Å². The molecule has 5 nitrogen and oxygen atoms in total. The van der Waals surface area contributed by atoms with Crippen molar-refractivity contribution in [2.45, 2.75) is 26.6 Å². The smallest absolute Gasteiger partial charge is 0.416 e. The molecule has 0 spiro atoms. The molecular formula is C30H21F4N3O2. The van der Waals surface area contributed by atoms with Crippen LogP contribution >= 0.6 is 0 Å². The molecule has 0 fully saturated rings. The van der Waals surface area contributed by atoms with E-state index in [1.807, 2.05) is 19.9 Å². The average molecular weight is 532 g/mol. The molecule has 196 valence electrons. The van der Waals surface area contributed by atoms with E-state index < -0.39 is 17.6 Å². The molecule has 3 heterocycles. The van der Waals surface area contributed by atoms with Crippen LogP contribution in [0.5, 0.6) is 0 Å². The molecule has 9 heteroatoms. The highest BCUT2D eigenvalue weighted by atomic mass is 19.4. The van der Waals surface area contributed by atoms with Crippen LogP contribution in [0.15, 0.2) is 65.1 Å². The number of aryl methyl sites for hydroxylation is 2. The first kappa shape index (κ1) is 24.7. The number of halogens is 4. The van der Waals surface area contributed by atoms with E-state index >= 15 is 0 Å². The Labute approximate surface area is 219 Å². The zero-order valence-electron chi connectivity index (χ0n) is 20.8. The molecule has 1 amide bonds. The second-order valence-corrected chi connectivity index (χ2v) is 9.58. The third-order valence-corrected chi connectivity index (χ3v) is 7.09. The molecule has 6 rings (SSSR count). The lowest BCUT2D eigenvalue weighted by Gasteiger charge is -2.12. The van der Waals surface area contributed by atoms with Gasteiger partial charge in [-0.15, -0.1) is 0 Å². The number of hydrogen-bond donors (Lipinski definition) is 2. The molecule has 0 radical (unpaired) electrons. The van der Waals surface area contributed by atoms with Gasteiger partial charge in [-0.1, -0.05) is 12.1 Å². The zero-order valence-corrected chi connectivity index (χ0v) is 20.8. The number of pyridine rings is 1. The Morgan fingerprint density at radius 1 is 0.923 bits per heavy atom. The number of amides is 1. The normalized spacial score (nSPS) is 12.2. The molecule has 2 bridgehead atoms. The van der Waals surface area contributed by atoms with Crippen LogP contribution in [-0.2, 0) is 12.7 Å². The number of furan rings is 2. The number of carbonyl (C=O) groups is 1. The van der Waals surface area contributed by atoms with Gasteiger partial charge in [0.25, 0.3) is 5.91 Å². The SMILES string of the molecule is Cc1cc(N)nc(C)c1CNC(=O)c1ccc2c(c1)c1oc2c2ccc(-c3ccc(C(F)(F)F)cc3F)cc21. The molecule has 6 aromatic rings. The Balaban J connectivity index is 1.35. The van der Waals surface area contributed by atoms with E-state index in [1.54, 1.807) is 36.4 Å². The van der Waals surface area contributed by atoms with Crippen molar-refractivity contribution in [3.8, 4) is 11.1 Å². The molecule has 39 heavy (non-hydrogen) atoms. The molecule has 3 N–H and O–H groups in total. The first-order chi connectivity index (χ1) is 18.5. The summed E-state index contributed by atoms with van der Waals surface area (Å²) < 4.78 is 59.6. The maximum Gasteiger partial charge on any atom is 0.416 e. The lowest BCUT2D eigenvalue weighted by molar-refractivity contribution is -0.137. The summed E-state index contributed by atoms with van der Waals surface area (Å²) in [4.78, 5) is 17.3. The Hall–Kier alpha value is -4.66. The van der Waals surface area contributed by atoms with Gasteiger partial charge >= 0.3 is 6.18 Å². The van der Waals surface area contributed by atoms with E-state index in [2.05, 4.69) is 10.3 Å². The van der Waals surface area contributed by atoms with Crippen LogP contribution in [0.25, 0.3) is 43.8 Å². The summed E-state index contributed by atoms with van der Waals surface area (Å²) >= 11 is 0. The van der Waals surface area contributed by atoms with Crippen LogP contribution in [-0.4, -0.2) is 10.9 Å². The summed E-state index contributed by atoms with van der Waals surface area (Å²) in [6, 6.07) is 14.6. The summed E-state index contributed by atoms with van der Waals surface area (Å²) in [7, 11) is 0. The summed E-state index contributed by atoms with van der Waals surface area (Å²) in [5.41, 5.74) is 9.36. The lowest BCUT2D eigenvalue weighted by atomic mass is 9.97. The number of aromatic nitrogens is 1. The van der Waals surface area contributed by atoms with Gasteiger partial charge in [0.05, 0.1) is 5.56 Å². The quantitative estimate of drug-likeness (QED) is 0.182. The minimum absolute atomic E-state index is 0.0512. The van der Waals surface area contributed by atoms with Crippen molar-refractivity contribution in [3.05, 3.63) is 94.4 Å². The third-order valence-electron chi connectivity index (χ3n) is 7.09. The molecule has 0 aliphatic rings. The molecule has 0 aliphatic heterocycles. The van der Waals surface area contributed by atoms with Gasteiger partial charge in [-0.2, -0.15) is 13.2 Å². The Morgan fingerprint density at radius 3 is 2.31 bits per heavy atom. The van der Waals surface area contributed by atoms with Gasteiger partial charge in [-0.3, -0.25) is 4.79 Å². The number of anilines is 1. The predicted molar refractivity (Wildman–Crippen MR) is 142 cm³/mol. The number of nitrogen functional groups attached to an aromatic ring is 1. The molecule has 0 atom stereocenters.